The number of imide groups is 1. The van der Waals surface area contributed by atoms with Crippen LogP contribution in [0.1, 0.15) is 63.2 Å². The smallest absolute Gasteiger partial charge is 0.261 e. The maximum atomic E-state index is 12.9. The Kier molecular flexibility index (Phi) is 5.85. The topological polar surface area (TPSA) is 96.0 Å². The molecule has 2 fully saturated rings. The van der Waals surface area contributed by atoms with Crippen molar-refractivity contribution >= 4 is 23.6 Å². The van der Waals surface area contributed by atoms with Gasteiger partial charge in [0.15, 0.2) is 0 Å². The van der Waals surface area contributed by atoms with Crippen LogP contribution in [0.25, 0.3) is 0 Å². The highest BCUT2D eigenvalue weighted by molar-refractivity contribution is 6.22. The molecule has 0 unspecified atom stereocenters. The van der Waals surface area contributed by atoms with E-state index in [4.69, 9.17) is 4.74 Å². The standard InChI is InChI=1S/C22H27N3O5/c1-30-12-2-9-25-21(28)17-6-5-15(13-18(17)22(25)29)20(27)24-10-7-16(8-11-24)23-19(26)14-3-4-14/h5-6,13-14,16H,2-4,7-12H2,1H3,(H,23,26). The Morgan fingerprint density at radius 3 is 2.43 bits per heavy atom. The number of fused-ring (bicyclic) bond motifs is 1. The first kappa shape index (κ1) is 20.5. The lowest BCUT2D eigenvalue weighted by molar-refractivity contribution is -0.123. The lowest BCUT2D eigenvalue weighted by atomic mass is 10.0. The van der Waals surface area contributed by atoms with E-state index < -0.39 is 0 Å². The van der Waals surface area contributed by atoms with Crippen LogP contribution >= 0.6 is 0 Å². The summed E-state index contributed by atoms with van der Waals surface area (Å²) in [6.45, 7) is 1.88. The summed E-state index contributed by atoms with van der Waals surface area (Å²) in [6.07, 6.45) is 3.97. The van der Waals surface area contributed by atoms with E-state index in [9.17, 15) is 19.2 Å². The second kappa shape index (κ2) is 8.55. The van der Waals surface area contributed by atoms with E-state index in [0.717, 1.165) is 25.7 Å². The average Bonchev–Trinajstić information content (AvgIpc) is 3.58. The molecule has 2 heterocycles. The van der Waals surface area contributed by atoms with Crippen molar-refractivity contribution in [3.05, 3.63) is 34.9 Å². The van der Waals surface area contributed by atoms with Gasteiger partial charge in [-0.05, 0) is 50.3 Å². The fourth-order valence-electron chi connectivity index (χ4n) is 4.07. The van der Waals surface area contributed by atoms with Gasteiger partial charge in [0.2, 0.25) is 5.91 Å². The van der Waals surface area contributed by atoms with Crippen LogP contribution in [0.4, 0.5) is 0 Å². The van der Waals surface area contributed by atoms with Gasteiger partial charge in [-0.1, -0.05) is 0 Å². The third-order valence-corrected chi connectivity index (χ3v) is 6.02. The average molecular weight is 413 g/mol. The van der Waals surface area contributed by atoms with Gasteiger partial charge in [0.1, 0.15) is 0 Å². The van der Waals surface area contributed by atoms with Crippen LogP contribution in [-0.4, -0.2) is 72.8 Å². The number of nitrogens with zero attached hydrogens (tertiary/aromatic N) is 2. The summed E-state index contributed by atoms with van der Waals surface area (Å²) in [4.78, 5) is 53.0. The van der Waals surface area contributed by atoms with Crippen LogP contribution in [0.15, 0.2) is 18.2 Å². The van der Waals surface area contributed by atoms with Crippen molar-refractivity contribution < 1.29 is 23.9 Å². The third-order valence-electron chi connectivity index (χ3n) is 6.02. The van der Waals surface area contributed by atoms with Crippen molar-refractivity contribution in [2.24, 2.45) is 5.92 Å². The molecular weight excluding hydrogens is 386 g/mol. The Morgan fingerprint density at radius 1 is 1.07 bits per heavy atom. The fraction of sp³-hybridized carbons (Fsp3) is 0.545. The van der Waals surface area contributed by atoms with E-state index in [-0.39, 0.29) is 41.2 Å². The normalized spacial score (nSPS) is 19.2. The quantitative estimate of drug-likeness (QED) is 0.539. The highest BCUT2D eigenvalue weighted by Gasteiger charge is 2.36. The third kappa shape index (κ3) is 4.09. The highest BCUT2D eigenvalue weighted by Crippen LogP contribution is 2.29. The molecule has 30 heavy (non-hydrogen) atoms. The van der Waals surface area contributed by atoms with Crippen LogP contribution in [0.3, 0.4) is 0 Å². The molecule has 1 aromatic carbocycles. The monoisotopic (exact) mass is 413 g/mol. The summed E-state index contributed by atoms with van der Waals surface area (Å²) in [5, 5.41) is 3.08. The molecule has 8 heteroatoms. The first-order chi connectivity index (χ1) is 14.5. The van der Waals surface area contributed by atoms with Crippen LogP contribution in [-0.2, 0) is 9.53 Å². The lowest BCUT2D eigenvalue weighted by Gasteiger charge is -2.32. The zero-order valence-corrected chi connectivity index (χ0v) is 17.2. The molecule has 1 saturated heterocycles. The number of likely N-dealkylation sites (tertiary alicyclic amines) is 1. The number of carbonyl (C=O) groups is 4. The fourth-order valence-corrected chi connectivity index (χ4v) is 4.07. The van der Waals surface area contributed by atoms with Crippen LogP contribution in [0.2, 0.25) is 0 Å². The van der Waals surface area contributed by atoms with Gasteiger partial charge in [0.25, 0.3) is 17.7 Å². The van der Waals surface area contributed by atoms with Crippen molar-refractivity contribution in [1.82, 2.24) is 15.1 Å². The van der Waals surface area contributed by atoms with Crippen LogP contribution < -0.4 is 5.32 Å². The Bertz CT molecular complexity index is 872. The predicted octanol–water partition coefficient (Wildman–Crippen LogP) is 1.45. The number of benzene rings is 1. The van der Waals surface area contributed by atoms with Crippen molar-refractivity contribution in [2.75, 3.05) is 33.4 Å². The number of ether oxygens (including phenoxy) is 1. The summed E-state index contributed by atoms with van der Waals surface area (Å²) in [7, 11) is 1.57. The zero-order chi connectivity index (χ0) is 21.3. The summed E-state index contributed by atoms with van der Waals surface area (Å²) in [5.41, 5.74) is 1.04. The molecule has 0 spiro atoms. The molecule has 4 amide bonds. The van der Waals surface area contributed by atoms with E-state index in [2.05, 4.69) is 5.32 Å². The molecule has 4 rings (SSSR count). The maximum absolute atomic E-state index is 12.9. The number of methoxy groups -OCH3 is 1. The number of carbonyl (C=O) groups excluding carboxylic acids is 4. The van der Waals surface area contributed by atoms with Gasteiger partial charge in [0, 0.05) is 50.9 Å². The molecule has 0 bridgehead atoms. The SMILES string of the molecule is COCCCN1C(=O)c2ccc(C(=O)N3CCC(NC(=O)C4CC4)CC3)cc2C1=O. The van der Waals surface area contributed by atoms with E-state index in [0.29, 0.717) is 43.8 Å². The minimum absolute atomic E-state index is 0.113. The summed E-state index contributed by atoms with van der Waals surface area (Å²) < 4.78 is 4.99. The molecule has 1 aliphatic carbocycles. The first-order valence-electron chi connectivity index (χ1n) is 10.6. The molecule has 0 radical (unpaired) electrons. The molecule has 2 aliphatic heterocycles. The van der Waals surface area contributed by atoms with Gasteiger partial charge in [-0.25, -0.2) is 0 Å². The summed E-state index contributed by atoms with van der Waals surface area (Å²) in [5.74, 6) is -0.510. The van der Waals surface area contributed by atoms with Gasteiger partial charge in [0.05, 0.1) is 11.1 Å². The Labute approximate surface area is 175 Å². The van der Waals surface area contributed by atoms with Gasteiger partial charge in [-0.3, -0.25) is 24.1 Å². The highest BCUT2D eigenvalue weighted by atomic mass is 16.5. The van der Waals surface area contributed by atoms with Crippen LogP contribution in [0, 0.1) is 5.92 Å². The molecule has 160 valence electrons. The number of piperidine rings is 1. The minimum atomic E-state index is -0.359. The number of nitrogens with one attached hydrogen (secondary N) is 1. The zero-order valence-electron chi connectivity index (χ0n) is 17.2. The Morgan fingerprint density at radius 2 is 1.77 bits per heavy atom. The second-order valence-corrected chi connectivity index (χ2v) is 8.22. The molecule has 0 aromatic heterocycles. The predicted molar refractivity (Wildman–Crippen MR) is 108 cm³/mol. The Hall–Kier alpha value is -2.74. The van der Waals surface area contributed by atoms with Crippen molar-refractivity contribution in [3.8, 4) is 0 Å². The van der Waals surface area contributed by atoms with Crippen molar-refractivity contribution in [3.63, 3.8) is 0 Å². The van der Waals surface area contributed by atoms with E-state index in [1.54, 1.807) is 24.1 Å². The van der Waals surface area contributed by atoms with E-state index in [1.165, 1.54) is 11.0 Å². The van der Waals surface area contributed by atoms with E-state index in [1.807, 2.05) is 0 Å². The molecule has 1 aromatic rings. The van der Waals surface area contributed by atoms with Crippen molar-refractivity contribution in [2.45, 2.75) is 38.1 Å². The first-order valence-corrected chi connectivity index (χ1v) is 10.6. The number of amides is 4. The molecule has 3 aliphatic rings. The van der Waals surface area contributed by atoms with Gasteiger partial charge in [-0.2, -0.15) is 0 Å². The second-order valence-electron chi connectivity index (χ2n) is 8.22. The molecule has 0 atom stereocenters. The molecular formula is C22H27N3O5. The maximum Gasteiger partial charge on any atom is 0.261 e. The Balaban J connectivity index is 1.38. The van der Waals surface area contributed by atoms with Gasteiger partial charge >= 0.3 is 0 Å². The van der Waals surface area contributed by atoms with Gasteiger partial charge < -0.3 is 15.0 Å². The lowest BCUT2D eigenvalue weighted by Crippen LogP contribution is -2.46. The van der Waals surface area contributed by atoms with Crippen LogP contribution in [0.5, 0.6) is 0 Å². The minimum Gasteiger partial charge on any atom is -0.385 e. The number of hydrogen-bond acceptors (Lipinski definition) is 5. The molecule has 8 nitrogen and oxygen atoms in total. The molecule has 1 saturated carbocycles. The van der Waals surface area contributed by atoms with Crippen molar-refractivity contribution in [1.29, 1.82) is 0 Å². The van der Waals surface area contributed by atoms with E-state index >= 15 is 0 Å². The largest absolute Gasteiger partial charge is 0.385 e. The number of rotatable bonds is 7. The summed E-state index contributed by atoms with van der Waals surface area (Å²) in [6, 6.07) is 4.84. The number of hydrogen-bond donors (Lipinski definition) is 1. The molecule has 1 N–H and O–H groups in total. The summed E-state index contributed by atoms with van der Waals surface area (Å²) >= 11 is 0. The van der Waals surface area contributed by atoms with Gasteiger partial charge in [-0.15, -0.1) is 0 Å².